The van der Waals surface area contributed by atoms with Gasteiger partial charge in [0, 0.05) is 12.0 Å². The number of alkyl halides is 3. The Morgan fingerprint density at radius 3 is 2.50 bits per heavy atom. The van der Waals surface area contributed by atoms with Crippen LogP contribution in [0.5, 0.6) is 17.2 Å². The minimum Gasteiger partial charge on any atom is -0.489 e. The Bertz CT molecular complexity index is 1190. The van der Waals surface area contributed by atoms with E-state index in [4.69, 9.17) is 14.2 Å². The molecule has 5 rings (SSSR count). The summed E-state index contributed by atoms with van der Waals surface area (Å²) in [4.78, 5) is 12.5. The van der Waals surface area contributed by atoms with Gasteiger partial charge in [0.1, 0.15) is 12.4 Å². The molecule has 1 aliphatic heterocycles. The monoisotopic (exact) mass is 469 g/mol. The van der Waals surface area contributed by atoms with E-state index in [0.29, 0.717) is 22.8 Å². The quantitative estimate of drug-likeness (QED) is 0.515. The van der Waals surface area contributed by atoms with Gasteiger partial charge in [-0.2, -0.15) is 13.2 Å². The van der Waals surface area contributed by atoms with Gasteiger partial charge >= 0.3 is 6.18 Å². The molecule has 5 nitrogen and oxygen atoms in total. The first-order valence-electron chi connectivity index (χ1n) is 10.9. The summed E-state index contributed by atoms with van der Waals surface area (Å²) >= 11 is 0. The highest BCUT2D eigenvalue weighted by atomic mass is 19.4. The highest BCUT2D eigenvalue weighted by Gasteiger charge is 2.41. The molecular weight excluding hydrogens is 447 g/mol. The highest BCUT2D eigenvalue weighted by Crippen LogP contribution is 2.45. The molecule has 3 aromatic carbocycles. The van der Waals surface area contributed by atoms with Gasteiger partial charge in [-0.1, -0.05) is 36.4 Å². The lowest BCUT2D eigenvalue weighted by atomic mass is 10.1. The second kappa shape index (κ2) is 8.93. The number of para-hydroxylation sites is 1. The maximum Gasteiger partial charge on any atom is 0.416 e. The van der Waals surface area contributed by atoms with E-state index in [9.17, 15) is 18.0 Å². The molecule has 1 heterocycles. The third-order valence-electron chi connectivity index (χ3n) is 5.93. The van der Waals surface area contributed by atoms with Crippen LogP contribution in [0.15, 0.2) is 66.7 Å². The molecule has 34 heavy (non-hydrogen) atoms. The minimum absolute atomic E-state index is 0.0114. The van der Waals surface area contributed by atoms with Crippen molar-refractivity contribution in [1.29, 1.82) is 0 Å². The van der Waals surface area contributed by atoms with Crippen LogP contribution >= 0.6 is 0 Å². The van der Waals surface area contributed by atoms with Crippen molar-refractivity contribution in [2.45, 2.75) is 37.6 Å². The molecule has 1 aliphatic carbocycles. The fourth-order valence-electron chi connectivity index (χ4n) is 4.06. The molecule has 2 aliphatic rings. The SMILES string of the molecule is O=C(Cc1ccc2c(c1)OCO2)NC1CC1c1ccccc1OCc1ccc(C(F)(F)F)cc1. The lowest BCUT2D eigenvalue weighted by Gasteiger charge is -2.13. The number of carbonyl (C=O) groups is 1. The number of ether oxygens (including phenoxy) is 3. The molecule has 3 aromatic rings. The second-order valence-electron chi connectivity index (χ2n) is 8.40. The number of nitrogens with one attached hydrogen (secondary N) is 1. The molecule has 0 saturated heterocycles. The lowest BCUT2D eigenvalue weighted by Crippen LogP contribution is -2.28. The average molecular weight is 469 g/mol. The average Bonchev–Trinajstić information content (AvgIpc) is 3.40. The molecule has 176 valence electrons. The zero-order chi connectivity index (χ0) is 23.7. The fourth-order valence-corrected chi connectivity index (χ4v) is 4.06. The number of hydrogen-bond donors (Lipinski definition) is 1. The van der Waals surface area contributed by atoms with Gasteiger partial charge in [0.15, 0.2) is 11.5 Å². The maximum atomic E-state index is 12.7. The lowest BCUT2D eigenvalue weighted by molar-refractivity contribution is -0.137. The third kappa shape index (κ3) is 4.95. The van der Waals surface area contributed by atoms with Crippen LogP contribution < -0.4 is 19.5 Å². The summed E-state index contributed by atoms with van der Waals surface area (Å²) in [7, 11) is 0. The first-order valence-corrected chi connectivity index (χ1v) is 10.9. The molecule has 0 spiro atoms. The number of fused-ring (bicyclic) bond motifs is 1. The van der Waals surface area contributed by atoms with Gasteiger partial charge in [0.25, 0.3) is 0 Å². The predicted molar refractivity (Wildman–Crippen MR) is 118 cm³/mol. The number of carbonyl (C=O) groups excluding carboxylic acids is 1. The summed E-state index contributed by atoms with van der Waals surface area (Å²) in [6.45, 7) is 0.345. The van der Waals surface area contributed by atoms with Crippen LogP contribution in [-0.2, 0) is 24.0 Å². The molecule has 1 saturated carbocycles. The molecule has 1 fully saturated rings. The Labute approximate surface area is 194 Å². The molecular formula is C26H22F3NO4. The van der Waals surface area contributed by atoms with Gasteiger partial charge in [0.2, 0.25) is 12.7 Å². The van der Waals surface area contributed by atoms with Crippen LogP contribution in [-0.4, -0.2) is 18.7 Å². The maximum absolute atomic E-state index is 12.7. The largest absolute Gasteiger partial charge is 0.489 e. The summed E-state index contributed by atoms with van der Waals surface area (Å²) < 4.78 is 54.8. The van der Waals surface area contributed by atoms with Crippen molar-refractivity contribution in [3.8, 4) is 17.2 Å². The van der Waals surface area contributed by atoms with E-state index >= 15 is 0 Å². The molecule has 1 N–H and O–H groups in total. The standard InChI is InChI=1S/C26H22F3NO4/c27-26(28,29)18-8-5-16(6-9-18)14-32-22-4-2-1-3-19(22)20-13-21(20)30-25(31)12-17-7-10-23-24(11-17)34-15-33-23/h1-11,20-21H,12-15H2,(H,30,31). The van der Waals surface area contributed by atoms with E-state index in [2.05, 4.69) is 5.32 Å². The van der Waals surface area contributed by atoms with Crippen LogP contribution in [0.3, 0.4) is 0 Å². The van der Waals surface area contributed by atoms with Gasteiger partial charge in [-0.15, -0.1) is 0 Å². The van der Waals surface area contributed by atoms with Crippen LogP contribution in [0.2, 0.25) is 0 Å². The minimum atomic E-state index is -4.36. The van der Waals surface area contributed by atoms with Gasteiger partial charge in [-0.3, -0.25) is 4.79 Å². The Morgan fingerprint density at radius 1 is 0.971 bits per heavy atom. The topological polar surface area (TPSA) is 56.8 Å². The first-order chi connectivity index (χ1) is 16.4. The number of benzene rings is 3. The molecule has 8 heteroatoms. The number of hydrogen-bond acceptors (Lipinski definition) is 4. The summed E-state index contributed by atoms with van der Waals surface area (Å²) in [6.07, 6.45) is -3.32. The number of halogens is 3. The van der Waals surface area contributed by atoms with E-state index in [1.807, 2.05) is 36.4 Å². The van der Waals surface area contributed by atoms with Crippen LogP contribution in [0, 0.1) is 0 Å². The van der Waals surface area contributed by atoms with E-state index in [1.54, 1.807) is 6.07 Å². The van der Waals surface area contributed by atoms with E-state index in [1.165, 1.54) is 12.1 Å². The smallest absolute Gasteiger partial charge is 0.416 e. The van der Waals surface area contributed by atoms with Crippen LogP contribution in [0.4, 0.5) is 13.2 Å². The molecule has 0 radical (unpaired) electrons. The molecule has 2 unspecified atom stereocenters. The van der Waals surface area contributed by atoms with Crippen LogP contribution in [0.1, 0.15) is 34.6 Å². The van der Waals surface area contributed by atoms with Gasteiger partial charge in [-0.05, 0) is 53.4 Å². The Balaban J connectivity index is 1.17. The van der Waals surface area contributed by atoms with Gasteiger partial charge in [-0.25, -0.2) is 0 Å². The van der Waals surface area contributed by atoms with E-state index in [0.717, 1.165) is 29.7 Å². The van der Waals surface area contributed by atoms with Crippen molar-refractivity contribution in [3.05, 3.63) is 89.0 Å². The van der Waals surface area contributed by atoms with Crippen molar-refractivity contribution in [2.75, 3.05) is 6.79 Å². The fraction of sp³-hybridized carbons (Fsp3) is 0.269. The van der Waals surface area contributed by atoms with E-state index in [-0.39, 0.29) is 37.7 Å². The second-order valence-corrected chi connectivity index (χ2v) is 8.40. The van der Waals surface area contributed by atoms with Crippen LogP contribution in [0.25, 0.3) is 0 Å². The van der Waals surface area contributed by atoms with E-state index < -0.39 is 11.7 Å². The predicted octanol–water partition coefficient (Wildman–Crippen LogP) is 5.23. The number of amides is 1. The molecule has 2 atom stereocenters. The molecule has 0 aromatic heterocycles. The summed E-state index contributed by atoms with van der Waals surface area (Å²) in [5, 5.41) is 3.07. The molecule has 1 amide bonds. The van der Waals surface area contributed by atoms with Crippen molar-refractivity contribution in [3.63, 3.8) is 0 Å². The zero-order valence-electron chi connectivity index (χ0n) is 18.1. The Morgan fingerprint density at radius 2 is 1.71 bits per heavy atom. The van der Waals surface area contributed by atoms with Gasteiger partial charge < -0.3 is 19.5 Å². The van der Waals surface area contributed by atoms with Gasteiger partial charge in [0.05, 0.1) is 12.0 Å². The Kier molecular flexibility index (Phi) is 5.81. The van der Waals surface area contributed by atoms with Crippen molar-refractivity contribution in [1.82, 2.24) is 5.32 Å². The number of rotatable bonds is 7. The first kappa shape index (κ1) is 22.1. The van der Waals surface area contributed by atoms with Crippen molar-refractivity contribution >= 4 is 5.91 Å². The van der Waals surface area contributed by atoms with Crippen molar-refractivity contribution < 1.29 is 32.2 Å². The summed E-state index contributed by atoms with van der Waals surface area (Å²) in [6, 6.07) is 18.0. The summed E-state index contributed by atoms with van der Waals surface area (Å²) in [5.74, 6) is 2.05. The highest BCUT2D eigenvalue weighted by molar-refractivity contribution is 5.79. The normalized spacial score (nSPS) is 18.4. The Hall–Kier alpha value is -3.68. The summed E-state index contributed by atoms with van der Waals surface area (Å²) in [5.41, 5.74) is 1.78. The zero-order valence-corrected chi connectivity index (χ0v) is 18.1. The van der Waals surface area contributed by atoms with Crippen molar-refractivity contribution in [2.24, 2.45) is 0 Å². The third-order valence-corrected chi connectivity index (χ3v) is 5.93. The molecule has 0 bridgehead atoms.